The Morgan fingerprint density at radius 1 is 0.655 bits per heavy atom. The zero-order valence-corrected chi connectivity index (χ0v) is 49.6. The molecule has 3 saturated carbocycles. The van der Waals surface area contributed by atoms with Gasteiger partial charge in [-0.3, -0.25) is 14.9 Å². The average Bonchev–Trinajstić information content (AvgIpc) is 2.08. The number of benzene rings is 2. The second-order valence-electron chi connectivity index (χ2n) is 24.6. The number of nitrogens with zero attached hydrogens (tertiary/aromatic N) is 10. The van der Waals surface area contributed by atoms with Crippen molar-refractivity contribution in [1.29, 1.82) is 0 Å². The van der Waals surface area contributed by atoms with Crippen LogP contribution >= 0.6 is 0 Å². The molecule has 444 valence electrons. The molecule has 3 aliphatic carbocycles. The summed E-state index contributed by atoms with van der Waals surface area (Å²) >= 11 is 0. The van der Waals surface area contributed by atoms with Crippen molar-refractivity contribution in [3.63, 3.8) is 0 Å². The van der Waals surface area contributed by atoms with Crippen molar-refractivity contribution in [3.05, 3.63) is 71.8 Å². The second-order valence-corrected chi connectivity index (χ2v) is 24.6. The van der Waals surface area contributed by atoms with E-state index in [2.05, 4.69) is 63.4 Å². The van der Waals surface area contributed by atoms with Crippen molar-refractivity contribution in [3.8, 4) is 46.3 Å². The lowest BCUT2D eigenvalue weighted by Gasteiger charge is -2.44. The van der Waals surface area contributed by atoms with Gasteiger partial charge in [0.15, 0.2) is 11.6 Å². The number of carbonyl (C=O) groups excluding carboxylic acids is 2. The van der Waals surface area contributed by atoms with E-state index in [0.717, 1.165) is 94.7 Å². The average molecular weight is 1150 g/mol. The van der Waals surface area contributed by atoms with Crippen LogP contribution in [0.1, 0.15) is 93.4 Å². The third-order valence-corrected chi connectivity index (χ3v) is 19.1. The molecule has 8 aromatic rings. The van der Waals surface area contributed by atoms with E-state index in [4.69, 9.17) is 54.1 Å². The van der Waals surface area contributed by atoms with Crippen LogP contribution in [0.3, 0.4) is 0 Å². The molecule has 2 saturated heterocycles. The molecule has 2 amide bonds. The standard InChI is InChI=1S/C63H77FN12O8/c1-10-72-47(20-37-13-16-51(81-7)69-56(37)72)58-68-45-19-41(23-50(80-6)55(45)76(58)30-36-27-63(4,28-36)83-9)61(78)74-31-39-12-15-46(74)53(39)66-34-84-52-17-14-38-21-48(73(11-2)57(38)70-52)59-67-44-18-40(60(77)71-32-42(64)24-43(65)33-71)22-49(79-5)54(44)75(59)29-35-25-62(3,26-35)82-8/h13-14,16-23,35-36,39,42-43,46,53,66H,10-12,15,24-34,65H2,1-9H3/t35?,36?,39-,42-,43-,46-,53-,62?,63?/m1/s1. The maximum atomic E-state index is 14.9. The highest BCUT2D eigenvalue weighted by Gasteiger charge is 2.49. The molecule has 5 atom stereocenters. The number of nitrogens with one attached hydrogen (secondary N) is 1. The molecule has 0 spiro atoms. The van der Waals surface area contributed by atoms with E-state index in [1.54, 1.807) is 47.7 Å². The molecule has 20 nitrogen and oxygen atoms in total. The summed E-state index contributed by atoms with van der Waals surface area (Å²) in [7, 11) is 8.43. The summed E-state index contributed by atoms with van der Waals surface area (Å²) in [5, 5.41) is 5.59. The predicted octanol–water partition coefficient (Wildman–Crippen LogP) is 8.86. The van der Waals surface area contributed by atoms with Gasteiger partial charge in [0, 0.05) is 106 Å². The van der Waals surface area contributed by atoms with Crippen molar-refractivity contribution in [2.45, 2.75) is 134 Å². The quantitative estimate of drug-likeness (QED) is 0.0726. The van der Waals surface area contributed by atoms with E-state index in [1.165, 1.54) is 4.90 Å². The number of methoxy groups -OCH3 is 5. The number of hydrogen-bond donors (Lipinski definition) is 2. The molecule has 3 N–H and O–H groups in total. The van der Waals surface area contributed by atoms with Crippen LogP contribution in [0.15, 0.2) is 60.7 Å². The van der Waals surface area contributed by atoms with Crippen LogP contribution in [-0.2, 0) is 35.7 Å². The maximum Gasteiger partial charge on any atom is 0.254 e. The zero-order chi connectivity index (χ0) is 58.5. The van der Waals surface area contributed by atoms with Crippen LogP contribution in [0.4, 0.5) is 4.39 Å². The largest absolute Gasteiger partial charge is 0.494 e. The number of rotatable bonds is 19. The number of ether oxygens (including phenoxy) is 6. The predicted molar refractivity (Wildman–Crippen MR) is 318 cm³/mol. The second kappa shape index (κ2) is 21.6. The number of amides is 2. The smallest absolute Gasteiger partial charge is 0.254 e. The van der Waals surface area contributed by atoms with E-state index in [1.807, 2.05) is 41.3 Å². The summed E-state index contributed by atoms with van der Waals surface area (Å²) < 4.78 is 59.4. The van der Waals surface area contributed by atoms with Gasteiger partial charge in [0.25, 0.3) is 11.8 Å². The van der Waals surface area contributed by atoms with Gasteiger partial charge in [-0.25, -0.2) is 14.4 Å². The molecular formula is C63H77FN12O8. The molecule has 2 aliphatic heterocycles. The summed E-state index contributed by atoms with van der Waals surface area (Å²) in [6, 6.07) is 19.0. The van der Waals surface area contributed by atoms with Crippen LogP contribution in [0.5, 0.6) is 23.3 Å². The van der Waals surface area contributed by atoms with Crippen molar-refractivity contribution < 1.29 is 42.4 Å². The highest BCUT2D eigenvalue weighted by atomic mass is 19.1. The van der Waals surface area contributed by atoms with Crippen molar-refractivity contribution >= 4 is 55.9 Å². The Kier molecular flexibility index (Phi) is 14.4. The van der Waals surface area contributed by atoms with Crippen molar-refractivity contribution in [1.82, 2.24) is 53.3 Å². The fourth-order valence-electron chi connectivity index (χ4n) is 15.0. The molecule has 5 fully saturated rings. The molecule has 0 radical (unpaired) electrons. The summed E-state index contributed by atoms with van der Waals surface area (Å²) in [5.41, 5.74) is 13.0. The number of piperidine rings is 2. The highest BCUT2D eigenvalue weighted by molar-refractivity contribution is 6.02. The number of hydrogen-bond acceptors (Lipinski definition) is 14. The van der Waals surface area contributed by atoms with Crippen LogP contribution < -0.4 is 30.0 Å². The molecule has 0 unspecified atom stereocenters. The van der Waals surface area contributed by atoms with Gasteiger partial charge in [0.2, 0.25) is 11.8 Å². The minimum absolute atomic E-state index is 0.00939. The summed E-state index contributed by atoms with van der Waals surface area (Å²) in [6.45, 7) is 12.2. The van der Waals surface area contributed by atoms with Crippen LogP contribution in [0.25, 0.3) is 67.2 Å². The Hall–Kier alpha value is -7.33. The molecule has 8 heterocycles. The minimum atomic E-state index is -1.19. The van der Waals surface area contributed by atoms with Gasteiger partial charge in [-0.1, -0.05) is 0 Å². The lowest BCUT2D eigenvalue weighted by molar-refractivity contribution is -0.0939. The van der Waals surface area contributed by atoms with Crippen molar-refractivity contribution in [2.75, 3.05) is 61.9 Å². The van der Waals surface area contributed by atoms with E-state index in [0.29, 0.717) is 90.0 Å². The van der Waals surface area contributed by atoms with Crippen molar-refractivity contribution in [2.24, 2.45) is 23.5 Å². The van der Waals surface area contributed by atoms with Gasteiger partial charge < -0.3 is 62.2 Å². The zero-order valence-electron chi connectivity index (χ0n) is 49.6. The van der Waals surface area contributed by atoms with E-state index in [-0.39, 0.29) is 67.3 Å². The normalized spacial score (nSPS) is 25.7. The first kappa shape index (κ1) is 55.8. The number of likely N-dealkylation sites (tertiary alicyclic amines) is 2. The van der Waals surface area contributed by atoms with Crippen LogP contribution in [-0.4, -0.2) is 157 Å². The molecular weight excluding hydrogens is 1070 g/mol. The van der Waals surface area contributed by atoms with Gasteiger partial charge >= 0.3 is 0 Å². The minimum Gasteiger partial charge on any atom is -0.494 e. The molecule has 21 heteroatoms. The van der Waals surface area contributed by atoms with E-state index in [9.17, 15) is 14.0 Å². The fraction of sp³-hybridized carbons (Fsp3) is 0.524. The third kappa shape index (κ3) is 9.58. The van der Waals surface area contributed by atoms with Gasteiger partial charge in [-0.15, -0.1) is 0 Å². The number of fused-ring (bicyclic) bond motifs is 6. The Bertz CT molecular complexity index is 3850. The first-order valence-corrected chi connectivity index (χ1v) is 29.7. The monoisotopic (exact) mass is 1150 g/mol. The topological polar surface area (TPSA) is 205 Å². The Balaban J connectivity index is 0.752. The fourth-order valence-corrected chi connectivity index (χ4v) is 15.0. The Morgan fingerprint density at radius 2 is 1.19 bits per heavy atom. The number of pyridine rings is 2. The number of carbonyl (C=O) groups is 2. The Labute approximate surface area is 487 Å². The molecule has 5 aliphatic rings. The summed E-state index contributed by atoms with van der Waals surface area (Å²) in [4.78, 5) is 52.9. The number of aromatic nitrogens is 8. The highest BCUT2D eigenvalue weighted by Crippen LogP contribution is 2.46. The first-order chi connectivity index (χ1) is 40.6. The number of imidazole rings is 2. The summed E-state index contributed by atoms with van der Waals surface area (Å²) in [5.74, 6) is 4.19. The van der Waals surface area contributed by atoms with Gasteiger partial charge in [-0.2, -0.15) is 9.97 Å². The van der Waals surface area contributed by atoms with Gasteiger partial charge in [0.1, 0.15) is 46.7 Å². The number of aryl methyl sites for hydroxylation is 2. The molecule has 13 rings (SSSR count). The van der Waals surface area contributed by atoms with E-state index < -0.39 is 12.2 Å². The van der Waals surface area contributed by atoms with Gasteiger partial charge in [0.05, 0.1) is 61.5 Å². The first-order valence-electron chi connectivity index (χ1n) is 29.7. The van der Waals surface area contributed by atoms with Crippen LogP contribution in [0, 0.1) is 17.8 Å². The summed E-state index contributed by atoms with van der Waals surface area (Å²) in [6.07, 6.45) is 4.52. The maximum absolute atomic E-state index is 14.9. The number of halogens is 1. The number of alkyl halides is 1. The lowest BCUT2D eigenvalue weighted by atomic mass is 9.72. The molecule has 6 aromatic heterocycles. The molecule has 2 aromatic carbocycles. The molecule has 2 bridgehead atoms. The SMILES string of the molecule is CCn1c(-c2nc3cc(C(=O)N4C[C@H]5CC[C@@H]4[C@@H]5NCOc4ccc5cc(-c6nc7cc(C(=O)N8C[C@H](N)C[C@@H](F)C8)cc(OC)c7n6CC6CC(C)(OC)C6)n(CC)c5n4)cc(OC)c3n2CC2CC(C)(OC)C2)cc2ccc(OC)nc21. The van der Waals surface area contributed by atoms with Crippen LogP contribution in [0.2, 0.25) is 0 Å². The van der Waals surface area contributed by atoms with E-state index >= 15 is 0 Å². The number of nitrogens with two attached hydrogens (primary N) is 1. The van der Waals surface area contributed by atoms with Gasteiger partial charge in [-0.05, 0) is 139 Å². The Morgan fingerprint density at radius 3 is 1.70 bits per heavy atom. The molecule has 84 heavy (non-hydrogen) atoms. The lowest BCUT2D eigenvalue weighted by Crippen LogP contribution is -2.50. The third-order valence-electron chi connectivity index (χ3n) is 19.1.